The highest BCUT2D eigenvalue weighted by Gasteiger charge is 2.41. The number of benzene rings is 1. The zero-order chi connectivity index (χ0) is 28.3. The number of aromatic carboxylic acids is 1. The summed E-state index contributed by atoms with van der Waals surface area (Å²) in [6, 6.07) is 3.60. The lowest BCUT2D eigenvalue weighted by molar-refractivity contribution is -0.143. The second kappa shape index (κ2) is 12.8. The largest absolute Gasteiger partial charge is 0.477 e. The van der Waals surface area contributed by atoms with Crippen molar-refractivity contribution in [2.45, 2.75) is 32.6 Å². The number of alkyl halides is 6. The fourth-order valence-corrected chi connectivity index (χ4v) is 4.55. The van der Waals surface area contributed by atoms with Crippen LogP contribution in [0.4, 0.5) is 26.3 Å². The van der Waals surface area contributed by atoms with E-state index in [1.54, 1.807) is 0 Å². The number of halogens is 7. The number of carboxylic acids is 1. The van der Waals surface area contributed by atoms with Gasteiger partial charge in [0.15, 0.2) is 5.69 Å². The first kappa shape index (κ1) is 32.0. The molecule has 16 heteroatoms. The molecule has 2 N–H and O–H groups in total. The quantitative estimate of drug-likeness (QED) is 0.232. The van der Waals surface area contributed by atoms with Crippen molar-refractivity contribution in [1.82, 2.24) is 25.0 Å². The van der Waals surface area contributed by atoms with Crippen LogP contribution in [0.3, 0.4) is 0 Å². The summed E-state index contributed by atoms with van der Waals surface area (Å²) < 4.78 is 81.8. The van der Waals surface area contributed by atoms with Gasteiger partial charge in [-0.05, 0) is 38.2 Å². The van der Waals surface area contributed by atoms with E-state index in [0.29, 0.717) is 25.2 Å². The van der Waals surface area contributed by atoms with E-state index in [1.807, 2.05) is 13.8 Å². The van der Waals surface area contributed by atoms with Crippen molar-refractivity contribution in [3.63, 3.8) is 0 Å². The molecule has 2 heterocycles. The van der Waals surface area contributed by atoms with Gasteiger partial charge in [-0.1, -0.05) is 37.3 Å². The number of hydrogen-bond donors (Lipinski definition) is 2. The van der Waals surface area contributed by atoms with Crippen LogP contribution in [-0.2, 0) is 12.4 Å². The van der Waals surface area contributed by atoms with Gasteiger partial charge >= 0.3 is 18.3 Å². The number of nitrogens with one attached hydrogen (secondary N) is 1. The van der Waals surface area contributed by atoms with Crippen LogP contribution in [0.15, 0.2) is 30.5 Å². The number of thiazole rings is 1. The van der Waals surface area contributed by atoms with Crippen LogP contribution in [0.5, 0.6) is 0 Å². The van der Waals surface area contributed by atoms with E-state index in [-0.39, 0.29) is 40.5 Å². The Bertz CT molecular complexity index is 1300. The Morgan fingerprint density at radius 1 is 1.10 bits per heavy atom. The molecule has 3 aromatic rings. The lowest BCUT2D eigenvalue weighted by Gasteiger charge is -2.17. The second-order valence-corrected chi connectivity index (χ2v) is 8.99. The molecular weight excluding hydrogens is 576 g/mol. The molecule has 1 aromatic carbocycles. The number of aromatic nitrogens is 3. The van der Waals surface area contributed by atoms with Gasteiger partial charge in [-0.2, -0.15) is 31.4 Å². The van der Waals surface area contributed by atoms with Crippen LogP contribution in [0.25, 0.3) is 16.4 Å². The third kappa shape index (κ3) is 7.48. The van der Waals surface area contributed by atoms with Crippen molar-refractivity contribution in [3.05, 3.63) is 52.2 Å². The van der Waals surface area contributed by atoms with E-state index in [2.05, 4.69) is 20.3 Å². The van der Waals surface area contributed by atoms with Gasteiger partial charge in [-0.15, -0.1) is 12.4 Å². The van der Waals surface area contributed by atoms with Crippen molar-refractivity contribution in [2.24, 2.45) is 0 Å². The molecular formula is C23H24ClF6N5O3S. The Labute approximate surface area is 229 Å². The predicted octanol–water partition coefficient (Wildman–Crippen LogP) is 5.62. The molecule has 0 aliphatic carbocycles. The Kier molecular flexibility index (Phi) is 10.5. The van der Waals surface area contributed by atoms with Crippen LogP contribution in [0.2, 0.25) is 0 Å². The molecule has 39 heavy (non-hydrogen) atoms. The third-order valence-corrected chi connectivity index (χ3v) is 6.59. The van der Waals surface area contributed by atoms with Crippen LogP contribution in [0, 0.1) is 0 Å². The third-order valence-electron chi connectivity index (χ3n) is 5.57. The average Bonchev–Trinajstić information content (AvgIpc) is 3.49. The molecule has 8 nitrogen and oxygen atoms in total. The maximum Gasteiger partial charge on any atom is 0.434 e. The summed E-state index contributed by atoms with van der Waals surface area (Å²) in [5.41, 5.74) is -4.09. The molecule has 0 fully saturated rings. The number of amides is 1. The first-order valence-corrected chi connectivity index (χ1v) is 12.2. The maximum atomic E-state index is 14.0. The van der Waals surface area contributed by atoms with Crippen LogP contribution in [0.1, 0.15) is 51.6 Å². The summed E-state index contributed by atoms with van der Waals surface area (Å²) >= 11 is 0.285. The molecule has 0 atom stereocenters. The van der Waals surface area contributed by atoms with E-state index in [9.17, 15) is 41.0 Å². The number of nitrogens with zero attached hydrogens (tertiary/aromatic N) is 4. The molecule has 0 unspecified atom stereocenters. The smallest absolute Gasteiger partial charge is 0.434 e. The van der Waals surface area contributed by atoms with Gasteiger partial charge in [-0.3, -0.25) is 4.79 Å². The van der Waals surface area contributed by atoms with Gasteiger partial charge in [-0.25, -0.2) is 14.5 Å². The highest BCUT2D eigenvalue weighted by molar-refractivity contribution is 7.16. The maximum absolute atomic E-state index is 14.0. The Morgan fingerprint density at radius 3 is 2.33 bits per heavy atom. The first-order chi connectivity index (χ1) is 17.8. The molecule has 0 radical (unpaired) electrons. The number of carbonyl (C=O) groups is 2. The fourth-order valence-electron chi connectivity index (χ4n) is 3.65. The minimum atomic E-state index is -5.09. The van der Waals surface area contributed by atoms with Gasteiger partial charge in [0.1, 0.15) is 4.88 Å². The topological polar surface area (TPSA) is 100 Å². The molecule has 214 valence electrons. The van der Waals surface area contributed by atoms with Crippen molar-refractivity contribution in [3.8, 4) is 16.4 Å². The first-order valence-electron chi connectivity index (χ1n) is 11.4. The fraction of sp³-hybridized carbons (Fsp3) is 0.391. The van der Waals surface area contributed by atoms with Crippen LogP contribution < -0.4 is 5.32 Å². The molecule has 0 saturated carbocycles. The summed E-state index contributed by atoms with van der Waals surface area (Å²) in [5.74, 6) is -2.63. The normalized spacial score (nSPS) is 11.9. The summed E-state index contributed by atoms with van der Waals surface area (Å²) in [4.78, 5) is 29.7. The molecule has 2 aromatic heterocycles. The number of carbonyl (C=O) groups excluding carboxylic acids is 1. The lowest BCUT2D eigenvalue weighted by atomic mass is 10.1. The van der Waals surface area contributed by atoms with E-state index in [0.717, 1.165) is 31.3 Å². The molecule has 1 amide bonds. The molecule has 0 aliphatic rings. The Hall–Kier alpha value is -3.17. The van der Waals surface area contributed by atoms with E-state index >= 15 is 0 Å². The molecule has 0 spiro atoms. The monoisotopic (exact) mass is 599 g/mol. The zero-order valence-corrected chi connectivity index (χ0v) is 22.2. The van der Waals surface area contributed by atoms with E-state index < -0.39 is 56.8 Å². The SMILES string of the molecule is CCN(CC)CCCNC(=O)c1cnn(-c2nc(-c3cccc(C(F)(F)F)c3)c(C(=O)O)s2)c1C(F)(F)F.Cl. The molecule has 3 rings (SSSR count). The van der Waals surface area contributed by atoms with Gasteiger partial charge in [0.25, 0.3) is 5.91 Å². The highest BCUT2D eigenvalue weighted by Crippen LogP contribution is 2.38. The summed E-state index contributed by atoms with van der Waals surface area (Å²) in [6.07, 6.45) is -8.64. The van der Waals surface area contributed by atoms with Crippen molar-refractivity contribution in [1.29, 1.82) is 0 Å². The summed E-state index contributed by atoms with van der Waals surface area (Å²) in [5, 5.41) is 15.0. The Balaban J connectivity index is 0.00000533. The average molecular weight is 600 g/mol. The van der Waals surface area contributed by atoms with Crippen LogP contribution in [-0.4, -0.2) is 62.8 Å². The van der Waals surface area contributed by atoms with Gasteiger partial charge in [0, 0.05) is 12.1 Å². The number of rotatable bonds is 10. The standard InChI is InChI=1S/C23H23F6N5O3S.ClH/c1-3-33(4-2)10-6-9-30-19(35)15-12-31-34(18(15)23(27,28)29)21-32-16(17(38-21)20(36)37)13-7-5-8-14(11-13)22(24,25)26;/h5,7-8,11-12H,3-4,6,9-10H2,1-2H3,(H,30,35)(H,36,37);1H. The molecule has 0 saturated heterocycles. The zero-order valence-electron chi connectivity index (χ0n) is 20.6. The lowest BCUT2D eigenvalue weighted by Crippen LogP contribution is -2.31. The summed E-state index contributed by atoms with van der Waals surface area (Å²) in [6.45, 7) is 6.22. The minimum Gasteiger partial charge on any atom is -0.477 e. The Morgan fingerprint density at radius 2 is 1.77 bits per heavy atom. The molecule has 0 bridgehead atoms. The molecule has 0 aliphatic heterocycles. The summed E-state index contributed by atoms with van der Waals surface area (Å²) in [7, 11) is 0. The van der Waals surface area contributed by atoms with Gasteiger partial charge < -0.3 is 15.3 Å². The minimum absolute atomic E-state index is 0. The van der Waals surface area contributed by atoms with Gasteiger partial charge in [0.05, 0.1) is 23.0 Å². The number of carboxylic acid groups (broad SMARTS) is 1. The van der Waals surface area contributed by atoms with Crippen molar-refractivity contribution >= 4 is 35.6 Å². The number of hydrogen-bond acceptors (Lipinski definition) is 6. The van der Waals surface area contributed by atoms with Crippen molar-refractivity contribution < 1.29 is 41.0 Å². The highest BCUT2D eigenvalue weighted by atomic mass is 35.5. The van der Waals surface area contributed by atoms with Crippen molar-refractivity contribution in [2.75, 3.05) is 26.2 Å². The predicted molar refractivity (Wildman–Crippen MR) is 134 cm³/mol. The second-order valence-electron chi connectivity index (χ2n) is 8.01. The van der Waals surface area contributed by atoms with Crippen LogP contribution >= 0.6 is 23.7 Å². The van der Waals surface area contributed by atoms with E-state index in [1.165, 1.54) is 0 Å². The van der Waals surface area contributed by atoms with Gasteiger partial charge in [0.2, 0.25) is 5.13 Å². The van der Waals surface area contributed by atoms with E-state index in [4.69, 9.17) is 0 Å².